The number of hydrogen-bond acceptors (Lipinski definition) is 0. The van der Waals surface area contributed by atoms with Gasteiger partial charge in [-0.3, -0.25) is 0 Å². The lowest BCUT2D eigenvalue weighted by Gasteiger charge is -2.34. The summed E-state index contributed by atoms with van der Waals surface area (Å²) in [5.41, 5.74) is 10.4. The smallest absolute Gasteiger partial charge is 0.0626 e. The summed E-state index contributed by atoms with van der Waals surface area (Å²) in [4.78, 5) is 0. The monoisotopic (exact) mass is 776 g/mol. The van der Waals surface area contributed by atoms with Gasteiger partial charge in [0, 0.05) is 0 Å². The highest BCUT2D eigenvalue weighted by Gasteiger charge is 2.39. The summed E-state index contributed by atoms with van der Waals surface area (Å²) in [7, 11) is -4.61. The molecule has 7 aliphatic rings. The lowest BCUT2D eigenvalue weighted by Crippen LogP contribution is -2.62. The highest BCUT2D eigenvalue weighted by molar-refractivity contribution is 7.02. The number of hydrogen-bond donors (Lipinski definition) is 0. The molecule has 0 aromatic heterocycles. The van der Waals surface area contributed by atoms with Crippen molar-refractivity contribution in [3.8, 4) is 0 Å². The van der Waals surface area contributed by atoms with Crippen molar-refractivity contribution >= 4 is 61.2 Å². The second-order valence-electron chi connectivity index (χ2n) is 16.0. The van der Waals surface area contributed by atoms with Gasteiger partial charge in [0.05, 0.1) is 0 Å². The van der Waals surface area contributed by atoms with E-state index in [9.17, 15) is 0 Å². The standard InChI is InChI=1S/C56H48Si2/c1-5-13-53(14-6-1)57(54-15-7-2-8-16-54)41-49-33-25-45(26-34-49)21-23-47-29-37-51(38-30-47)43-58(55-17-9-3-10-18-55,56-19-11-4-12-20-56)44-52-39-31-48(32-40-52)24-22-46-27-35-50(42-57)36-28-46/h1-40H,41-44H2. The molecule has 0 saturated carbocycles. The first kappa shape index (κ1) is 37.3. The molecule has 8 bridgehead atoms. The van der Waals surface area contributed by atoms with E-state index in [0.717, 1.165) is 24.2 Å². The van der Waals surface area contributed by atoms with Crippen molar-refractivity contribution in [1.29, 1.82) is 0 Å². The Balaban J connectivity index is 1.13. The zero-order valence-corrected chi connectivity index (χ0v) is 34.9. The molecule has 8 aromatic carbocycles. The maximum atomic E-state index is 2.37. The maximum absolute atomic E-state index is 2.37. The van der Waals surface area contributed by atoms with E-state index in [1.165, 1.54) is 65.3 Å². The van der Waals surface area contributed by atoms with Crippen LogP contribution in [-0.2, 0) is 24.2 Å². The fourth-order valence-electron chi connectivity index (χ4n) is 9.07. The van der Waals surface area contributed by atoms with E-state index in [2.05, 4.69) is 243 Å². The van der Waals surface area contributed by atoms with Gasteiger partial charge in [0.15, 0.2) is 0 Å². The zero-order chi connectivity index (χ0) is 39.0. The van der Waals surface area contributed by atoms with Gasteiger partial charge < -0.3 is 0 Å². The normalized spacial score (nSPS) is 14.8. The lowest BCUT2D eigenvalue weighted by atomic mass is 10.1. The molecule has 0 N–H and O–H groups in total. The number of benzene rings is 8. The predicted octanol–water partition coefficient (Wildman–Crippen LogP) is 10.6. The van der Waals surface area contributed by atoms with Crippen LogP contribution in [0.3, 0.4) is 0 Å². The fourth-order valence-corrected chi connectivity index (χ4v) is 18.7. The fraction of sp³-hybridized carbons (Fsp3) is 0.0714. The molecule has 15 rings (SSSR count). The first-order chi connectivity index (χ1) is 28.6. The van der Waals surface area contributed by atoms with Crippen LogP contribution in [-0.4, -0.2) is 16.1 Å². The Morgan fingerprint density at radius 3 is 0.586 bits per heavy atom. The molecule has 0 nitrogen and oxygen atoms in total. The molecular formula is C56H48Si2. The van der Waals surface area contributed by atoms with Crippen molar-refractivity contribution in [3.05, 3.63) is 263 Å². The average molecular weight is 777 g/mol. The quantitative estimate of drug-likeness (QED) is 0.156. The summed E-state index contributed by atoms with van der Waals surface area (Å²) < 4.78 is 0. The van der Waals surface area contributed by atoms with Crippen LogP contribution in [0.15, 0.2) is 218 Å². The number of rotatable bonds is 4. The van der Waals surface area contributed by atoms with Crippen LogP contribution < -0.4 is 20.7 Å². The molecular weight excluding hydrogens is 729 g/mol. The van der Waals surface area contributed by atoms with Crippen LogP contribution in [0.1, 0.15) is 44.5 Å². The van der Waals surface area contributed by atoms with Gasteiger partial charge in [-0.05, 0) is 68.7 Å². The van der Waals surface area contributed by atoms with Crippen LogP contribution in [0.2, 0.25) is 0 Å². The Bertz CT molecular complexity index is 2220. The highest BCUT2D eigenvalue weighted by atomic mass is 28.3. The van der Waals surface area contributed by atoms with Crippen molar-refractivity contribution in [2.75, 3.05) is 0 Å². The minimum Gasteiger partial charge on any atom is -0.0626 e. The predicted molar refractivity (Wildman–Crippen MR) is 254 cm³/mol. The third kappa shape index (κ3) is 8.22. The molecule has 2 heteroatoms. The summed E-state index contributed by atoms with van der Waals surface area (Å²) in [6.45, 7) is 0. The topological polar surface area (TPSA) is 0 Å². The molecule has 7 heterocycles. The van der Waals surface area contributed by atoms with Gasteiger partial charge >= 0.3 is 0 Å². The van der Waals surface area contributed by atoms with Crippen molar-refractivity contribution in [2.45, 2.75) is 24.2 Å². The van der Waals surface area contributed by atoms with Gasteiger partial charge in [0.2, 0.25) is 0 Å². The van der Waals surface area contributed by atoms with Crippen molar-refractivity contribution in [1.82, 2.24) is 0 Å². The third-order valence-electron chi connectivity index (χ3n) is 12.2. The zero-order valence-electron chi connectivity index (χ0n) is 32.9. The van der Waals surface area contributed by atoms with E-state index in [1.807, 2.05) is 0 Å². The molecule has 0 aliphatic carbocycles. The summed E-state index contributed by atoms with van der Waals surface area (Å²) >= 11 is 0. The second-order valence-corrected chi connectivity index (χ2v) is 24.0. The maximum Gasteiger partial charge on any atom is 0.126 e. The summed E-state index contributed by atoms with van der Waals surface area (Å²) in [6.07, 6.45) is 9.03. The minimum absolute atomic E-state index is 1.03. The summed E-state index contributed by atoms with van der Waals surface area (Å²) in [6, 6.07) is 86.6. The van der Waals surface area contributed by atoms with Crippen LogP contribution >= 0.6 is 0 Å². The Hall–Kier alpha value is -6.33. The van der Waals surface area contributed by atoms with Crippen molar-refractivity contribution in [2.24, 2.45) is 0 Å². The third-order valence-corrected chi connectivity index (χ3v) is 22.0. The van der Waals surface area contributed by atoms with Crippen LogP contribution in [0.5, 0.6) is 0 Å². The molecule has 0 unspecified atom stereocenters. The van der Waals surface area contributed by atoms with E-state index in [1.54, 1.807) is 0 Å². The molecule has 0 saturated heterocycles. The van der Waals surface area contributed by atoms with Crippen molar-refractivity contribution < 1.29 is 0 Å². The molecule has 0 amide bonds. The van der Waals surface area contributed by atoms with Gasteiger partial charge in [-0.2, -0.15) is 0 Å². The molecule has 0 atom stereocenters. The largest absolute Gasteiger partial charge is 0.126 e. The molecule has 280 valence electrons. The van der Waals surface area contributed by atoms with E-state index in [4.69, 9.17) is 0 Å². The Labute approximate surface area is 346 Å². The van der Waals surface area contributed by atoms with Gasteiger partial charge in [-0.25, -0.2) is 0 Å². The average Bonchev–Trinajstić information content (AvgIpc) is 3.30. The van der Waals surface area contributed by atoms with Gasteiger partial charge in [0.25, 0.3) is 0 Å². The molecule has 0 spiro atoms. The van der Waals surface area contributed by atoms with Crippen LogP contribution in [0.25, 0.3) is 24.3 Å². The molecule has 0 fully saturated rings. The Morgan fingerprint density at radius 2 is 0.397 bits per heavy atom. The van der Waals surface area contributed by atoms with Crippen LogP contribution in [0, 0.1) is 0 Å². The molecule has 7 aliphatic heterocycles. The first-order valence-electron chi connectivity index (χ1n) is 20.6. The molecule has 0 radical (unpaired) electrons. The SMILES string of the molecule is C1=Cc2ccc(cc2)C[Si](c2ccccc2)(c2ccccc2)Cc2ccc(cc2)C=Cc2ccc(cc2)C[Si](c2ccccc2)(c2ccccc2)Cc2ccc1cc2. The van der Waals surface area contributed by atoms with Gasteiger partial charge in [-0.1, -0.05) is 263 Å². The lowest BCUT2D eigenvalue weighted by molar-refractivity contribution is 1.24. The van der Waals surface area contributed by atoms with Crippen molar-refractivity contribution in [3.63, 3.8) is 0 Å². The second kappa shape index (κ2) is 17.0. The highest BCUT2D eigenvalue weighted by Crippen LogP contribution is 2.24. The van der Waals surface area contributed by atoms with E-state index >= 15 is 0 Å². The minimum atomic E-state index is -2.30. The summed E-state index contributed by atoms with van der Waals surface area (Å²) in [5, 5.41) is 5.89. The van der Waals surface area contributed by atoms with Gasteiger partial charge in [0.1, 0.15) is 16.1 Å². The molecule has 8 aromatic rings. The summed E-state index contributed by atoms with van der Waals surface area (Å²) in [5.74, 6) is 0. The molecule has 58 heavy (non-hydrogen) atoms. The van der Waals surface area contributed by atoms with E-state index in [-0.39, 0.29) is 0 Å². The first-order valence-corrected chi connectivity index (χ1v) is 25.4. The van der Waals surface area contributed by atoms with E-state index < -0.39 is 16.1 Å². The Kier molecular flexibility index (Phi) is 10.9. The van der Waals surface area contributed by atoms with Gasteiger partial charge in [-0.15, -0.1) is 0 Å². The Morgan fingerprint density at radius 1 is 0.207 bits per heavy atom. The van der Waals surface area contributed by atoms with E-state index in [0.29, 0.717) is 0 Å². The van der Waals surface area contributed by atoms with Crippen LogP contribution in [0.4, 0.5) is 0 Å².